The molecule has 3 aromatic rings. The molecular weight excluding hydrogens is 290 g/mol. The SMILES string of the molecule is O=C(O)c1cccc2cc(COc3ccc(Cl)cc3)[nH]c12. The van der Waals surface area contributed by atoms with Crippen LogP contribution in [0.2, 0.25) is 5.02 Å². The van der Waals surface area contributed by atoms with Gasteiger partial charge in [0.15, 0.2) is 0 Å². The molecule has 2 aromatic carbocycles. The third-order valence-corrected chi connectivity index (χ3v) is 3.40. The summed E-state index contributed by atoms with van der Waals surface area (Å²) in [5.74, 6) is -0.246. The van der Waals surface area contributed by atoms with Crippen LogP contribution in [0.25, 0.3) is 10.9 Å². The molecular formula is C16H12ClNO3. The van der Waals surface area contributed by atoms with Gasteiger partial charge in [-0.05, 0) is 36.4 Å². The van der Waals surface area contributed by atoms with Crippen LogP contribution in [0.4, 0.5) is 0 Å². The molecule has 1 aromatic heterocycles. The number of aromatic nitrogens is 1. The second kappa shape index (κ2) is 5.50. The van der Waals surface area contributed by atoms with E-state index in [1.807, 2.05) is 12.1 Å². The van der Waals surface area contributed by atoms with Crippen molar-refractivity contribution in [3.63, 3.8) is 0 Å². The van der Waals surface area contributed by atoms with Crippen molar-refractivity contribution in [3.8, 4) is 5.75 Å². The maximum absolute atomic E-state index is 11.2. The zero-order valence-electron chi connectivity index (χ0n) is 11.0. The molecule has 0 atom stereocenters. The number of halogens is 1. The second-order valence-electron chi connectivity index (χ2n) is 4.61. The summed E-state index contributed by atoms with van der Waals surface area (Å²) in [5.41, 5.74) is 1.68. The molecule has 0 saturated carbocycles. The van der Waals surface area contributed by atoms with Crippen LogP contribution in [-0.2, 0) is 6.61 Å². The van der Waals surface area contributed by atoms with Gasteiger partial charge in [0.05, 0.1) is 16.8 Å². The van der Waals surface area contributed by atoms with Crippen molar-refractivity contribution >= 4 is 28.5 Å². The second-order valence-corrected chi connectivity index (χ2v) is 5.05. The minimum absolute atomic E-state index is 0.255. The van der Waals surface area contributed by atoms with E-state index in [2.05, 4.69) is 4.98 Å². The molecule has 4 nitrogen and oxygen atoms in total. The molecule has 0 bridgehead atoms. The number of aromatic amines is 1. The highest BCUT2D eigenvalue weighted by Gasteiger charge is 2.10. The van der Waals surface area contributed by atoms with Crippen molar-refractivity contribution in [2.45, 2.75) is 6.61 Å². The molecule has 21 heavy (non-hydrogen) atoms. The topological polar surface area (TPSA) is 62.3 Å². The fraction of sp³-hybridized carbons (Fsp3) is 0.0625. The molecule has 0 radical (unpaired) electrons. The number of fused-ring (bicyclic) bond motifs is 1. The van der Waals surface area contributed by atoms with E-state index in [4.69, 9.17) is 21.4 Å². The van der Waals surface area contributed by atoms with Gasteiger partial charge in [-0.15, -0.1) is 0 Å². The minimum atomic E-state index is -0.951. The normalized spacial score (nSPS) is 10.7. The van der Waals surface area contributed by atoms with E-state index in [0.717, 1.165) is 11.1 Å². The molecule has 2 N–H and O–H groups in total. The van der Waals surface area contributed by atoms with Gasteiger partial charge in [0.25, 0.3) is 0 Å². The molecule has 106 valence electrons. The highest BCUT2D eigenvalue weighted by atomic mass is 35.5. The summed E-state index contributed by atoms with van der Waals surface area (Å²) in [7, 11) is 0. The fourth-order valence-electron chi connectivity index (χ4n) is 2.16. The van der Waals surface area contributed by atoms with Crippen molar-refractivity contribution in [2.24, 2.45) is 0 Å². The van der Waals surface area contributed by atoms with Crippen molar-refractivity contribution in [1.82, 2.24) is 4.98 Å². The number of carbonyl (C=O) groups is 1. The van der Waals surface area contributed by atoms with E-state index in [9.17, 15) is 4.79 Å². The maximum Gasteiger partial charge on any atom is 0.337 e. The van der Waals surface area contributed by atoms with Gasteiger partial charge in [-0.2, -0.15) is 0 Å². The van der Waals surface area contributed by atoms with Crippen LogP contribution < -0.4 is 4.74 Å². The number of rotatable bonds is 4. The van der Waals surface area contributed by atoms with Crippen LogP contribution in [-0.4, -0.2) is 16.1 Å². The Morgan fingerprint density at radius 1 is 1.19 bits per heavy atom. The van der Waals surface area contributed by atoms with E-state index >= 15 is 0 Å². The third kappa shape index (κ3) is 2.85. The first kappa shape index (κ1) is 13.5. The Balaban J connectivity index is 1.83. The van der Waals surface area contributed by atoms with Crippen molar-refractivity contribution < 1.29 is 14.6 Å². The molecule has 0 fully saturated rings. The standard InChI is InChI=1S/C16H12ClNO3/c17-11-4-6-13(7-5-11)21-9-12-8-10-2-1-3-14(16(19)20)15(10)18-12/h1-8,18H,9H2,(H,19,20). The van der Waals surface area contributed by atoms with Crippen molar-refractivity contribution in [2.75, 3.05) is 0 Å². The third-order valence-electron chi connectivity index (χ3n) is 3.15. The van der Waals surface area contributed by atoms with Crippen molar-refractivity contribution in [1.29, 1.82) is 0 Å². The van der Waals surface area contributed by atoms with Gasteiger partial charge in [-0.1, -0.05) is 23.7 Å². The predicted molar refractivity (Wildman–Crippen MR) is 81.0 cm³/mol. The van der Waals surface area contributed by atoms with Crippen LogP contribution in [0.3, 0.4) is 0 Å². The Morgan fingerprint density at radius 3 is 2.67 bits per heavy atom. The summed E-state index contributed by atoms with van der Waals surface area (Å²) >= 11 is 5.81. The maximum atomic E-state index is 11.2. The Morgan fingerprint density at radius 2 is 1.95 bits per heavy atom. The molecule has 3 rings (SSSR count). The van der Waals surface area contributed by atoms with Crippen LogP contribution in [0.15, 0.2) is 48.5 Å². The zero-order chi connectivity index (χ0) is 14.8. The monoisotopic (exact) mass is 301 g/mol. The largest absolute Gasteiger partial charge is 0.487 e. The molecule has 0 aliphatic rings. The molecule has 0 saturated heterocycles. The average molecular weight is 302 g/mol. The Kier molecular flexibility index (Phi) is 3.54. The van der Waals surface area contributed by atoms with Gasteiger partial charge in [-0.3, -0.25) is 0 Å². The van der Waals surface area contributed by atoms with Gasteiger partial charge in [-0.25, -0.2) is 4.79 Å². The summed E-state index contributed by atoms with van der Waals surface area (Å²) in [4.78, 5) is 14.3. The van der Waals surface area contributed by atoms with Crippen LogP contribution in [0.5, 0.6) is 5.75 Å². The molecule has 0 spiro atoms. The number of benzene rings is 2. The quantitative estimate of drug-likeness (QED) is 0.762. The number of para-hydroxylation sites is 1. The number of carboxylic acids is 1. The highest BCUT2D eigenvalue weighted by molar-refractivity contribution is 6.30. The minimum Gasteiger partial charge on any atom is -0.487 e. The number of nitrogens with one attached hydrogen (secondary N) is 1. The van der Waals surface area contributed by atoms with E-state index < -0.39 is 5.97 Å². The molecule has 5 heteroatoms. The van der Waals surface area contributed by atoms with Gasteiger partial charge < -0.3 is 14.8 Å². The van der Waals surface area contributed by atoms with Crippen molar-refractivity contribution in [3.05, 3.63) is 64.8 Å². The lowest BCUT2D eigenvalue weighted by atomic mass is 10.1. The van der Waals surface area contributed by atoms with Gasteiger partial charge in [0.1, 0.15) is 12.4 Å². The molecule has 1 heterocycles. The lowest BCUT2D eigenvalue weighted by Gasteiger charge is -2.04. The zero-order valence-corrected chi connectivity index (χ0v) is 11.7. The van der Waals surface area contributed by atoms with E-state index in [-0.39, 0.29) is 5.56 Å². The fourth-order valence-corrected chi connectivity index (χ4v) is 2.29. The molecule has 0 unspecified atom stereocenters. The first-order valence-corrected chi connectivity index (χ1v) is 6.73. The lowest BCUT2D eigenvalue weighted by Crippen LogP contribution is -1.98. The lowest BCUT2D eigenvalue weighted by molar-refractivity contribution is 0.0699. The number of hydrogen-bond donors (Lipinski definition) is 2. The van der Waals surface area contributed by atoms with Gasteiger partial charge in [0, 0.05) is 10.4 Å². The Hall–Kier alpha value is -2.46. The Bertz CT molecular complexity index is 793. The summed E-state index contributed by atoms with van der Waals surface area (Å²) in [6.45, 7) is 0.329. The van der Waals surface area contributed by atoms with Crippen LogP contribution >= 0.6 is 11.6 Å². The number of ether oxygens (including phenoxy) is 1. The van der Waals surface area contributed by atoms with Crippen LogP contribution in [0.1, 0.15) is 16.1 Å². The van der Waals surface area contributed by atoms with E-state index in [1.165, 1.54) is 0 Å². The predicted octanol–water partition coefficient (Wildman–Crippen LogP) is 4.10. The van der Waals surface area contributed by atoms with E-state index in [1.54, 1.807) is 36.4 Å². The summed E-state index contributed by atoms with van der Waals surface area (Å²) in [6.07, 6.45) is 0. The number of carboxylic acid groups (broad SMARTS) is 1. The summed E-state index contributed by atoms with van der Waals surface area (Å²) < 4.78 is 5.64. The molecule has 0 aliphatic carbocycles. The van der Waals surface area contributed by atoms with Gasteiger partial charge in [0.2, 0.25) is 0 Å². The average Bonchev–Trinajstić information content (AvgIpc) is 2.89. The smallest absolute Gasteiger partial charge is 0.337 e. The Labute approximate surface area is 125 Å². The number of aromatic carboxylic acids is 1. The van der Waals surface area contributed by atoms with E-state index in [0.29, 0.717) is 22.9 Å². The number of H-pyrrole nitrogens is 1. The highest BCUT2D eigenvalue weighted by Crippen LogP contribution is 2.21. The molecule has 0 amide bonds. The number of hydrogen-bond acceptors (Lipinski definition) is 2. The summed E-state index contributed by atoms with van der Waals surface area (Å²) in [6, 6.07) is 14.1. The molecule has 0 aliphatic heterocycles. The summed E-state index contributed by atoms with van der Waals surface area (Å²) in [5, 5.41) is 10.7. The van der Waals surface area contributed by atoms with Gasteiger partial charge >= 0.3 is 5.97 Å². The first-order chi connectivity index (χ1) is 10.1. The first-order valence-electron chi connectivity index (χ1n) is 6.36. The van der Waals surface area contributed by atoms with Crippen LogP contribution in [0, 0.1) is 0 Å².